The topological polar surface area (TPSA) is 55.6 Å². The maximum absolute atomic E-state index is 11.8. The van der Waals surface area contributed by atoms with Crippen LogP contribution < -0.4 is 5.73 Å². The number of esters is 1. The Bertz CT molecular complexity index is 417. The van der Waals surface area contributed by atoms with Gasteiger partial charge in [0.25, 0.3) is 0 Å². The summed E-state index contributed by atoms with van der Waals surface area (Å²) in [5.74, 6) is -0.265. The molecule has 0 aliphatic carbocycles. The predicted molar refractivity (Wildman–Crippen MR) is 76.0 cm³/mol. The Balaban J connectivity index is 1.76. The minimum absolute atomic E-state index is 0.265. The molecule has 4 heteroatoms. The van der Waals surface area contributed by atoms with Crippen LogP contribution >= 0.6 is 0 Å². The van der Waals surface area contributed by atoms with Crippen LogP contribution in [0.5, 0.6) is 0 Å². The molecule has 0 bridgehead atoms. The van der Waals surface area contributed by atoms with Gasteiger partial charge in [0.1, 0.15) is 0 Å². The number of benzene rings is 1. The van der Waals surface area contributed by atoms with Gasteiger partial charge in [0.2, 0.25) is 0 Å². The summed E-state index contributed by atoms with van der Waals surface area (Å²) in [6.45, 7) is 1.63. The Hall–Kier alpha value is -1.55. The van der Waals surface area contributed by atoms with E-state index in [-0.39, 0.29) is 5.97 Å². The van der Waals surface area contributed by atoms with Crippen LogP contribution in [-0.4, -0.2) is 37.1 Å². The molecule has 1 unspecified atom stereocenters. The van der Waals surface area contributed by atoms with E-state index in [2.05, 4.69) is 11.9 Å². The molecule has 0 spiro atoms. The smallest absolute Gasteiger partial charge is 0.338 e. The zero-order valence-corrected chi connectivity index (χ0v) is 11.5. The van der Waals surface area contributed by atoms with E-state index in [0.29, 0.717) is 23.9 Å². The molecular weight excluding hydrogens is 240 g/mol. The van der Waals surface area contributed by atoms with Crippen LogP contribution in [0.2, 0.25) is 0 Å². The van der Waals surface area contributed by atoms with Gasteiger partial charge in [-0.3, -0.25) is 0 Å². The number of ether oxygens (including phenoxy) is 1. The molecule has 1 heterocycles. The molecule has 1 aliphatic heterocycles. The van der Waals surface area contributed by atoms with Crippen LogP contribution in [0.3, 0.4) is 0 Å². The monoisotopic (exact) mass is 262 g/mol. The van der Waals surface area contributed by atoms with Gasteiger partial charge in [-0.05, 0) is 57.1 Å². The van der Waals surface area contributed by atoms with Gasteiger partial charge >= 0.3 is 5.97 Å². The first kappa shape index (κ1) is 13.9. The van der Waals surface area contributed by atoms with Gasteiger partial charge in [-0.25, -0.2) is 4.79 Å². The van der Waals surface area contributed by atoms with E-state index < -0.39 is 0 Å². The lowest BCUT2D eigenvalue weighted by molar-refractivity contribution is 0.0450. The van der Waals surface area contributed by atoms with Gasteiger partial charge in [-0.15, -0.1) is 0 Å². The lowest BCUT2D eigenvalue weighted by Crippen LogP contribution is -2.37. The SMILES string of the molecule is CN1CCCCC1CCOC(=O)c1ccc(N)cc1. The van der Waals surface area contributed by atoms with Crippen molar-refractivity contribution in [2.24, 2.45) is 0 Å². The largest absolute Gasteiger partial charge is 0.462 e. The molecule has 19 heavy (non-hydrogen) atoms. The quantitative estimate of drug-likeness (QED) is 0.668. The molecule has 1 atom stereocenters. The molecule has 1 aromatic rings. The summed E-state index contributed by atoms with van der Waals surface area (Å²) in [5, 5.41) is 0. The molecular formula is C15H22N2O2. The van der Waals surface area contributed by atoms with Crippen molar-refractivity contribution >= 4 is 11.7 Å². The summed E-state index contributed by atoms with van der Waals surface area (Å²) in [6.07, 6.45) is 4.67. The summed E-state index contributed by atoms with van der Waals surface area (Å²) in [6, 6.07) is 7.37. The molecule has 0 radical (unpaired) electrons. The predicted octanol–water partition coefficient (Wildman–Crippen LogP) is 2.30. The summed E-state index contributed by atoms with van der Waals surface area (Å²) in [7, 11) is 2.14. The number of nitrogens with zero attached hydrogens (tertiary/aromatic N) is 1. The number of likely N-dealkylation sites (tertiary alicyclic amines) is 1. The third kappa shape index (κ3) is 3.96. The second-order valence-corrected chi connectivity index (χ2v) is 5.18. The average molecular weight is 262 g/mol. The highest BCUT2D eigenvalue weighted by molar-refractivity contribution is 5.89. The van der Waals surface area contributed by atoms with E-state index in [9.17, 15) is 4.79 Å². The van der Waals surface area contributed by atoms with Gasteiger partial charge in [0.05, 0.1) is 12.2 Å². The molecule has 1 aliphatic rings. The van der Waals surface area contributed by atoms with Gasteiger partial charge in [-0.1, -0.05) is 6.42 Å². The minimum atomic E-state index is -0.265. The number of nitrogen functional groups attached to an aromatic ring is 1. The van der Waals surface area contributed by atoms with Crippen molar-refractivity contribution in [1.82, 2.24) is 4.90 Å². The molecule has 1 fully saturated rings. The summed E-state index contributed by atoms with van der Waals surface area (Å²) < 4.78 is 5.31. The van der Waals surface area contributed by atoms with Crippen molar-refractivity contribution in [3.05, 3.63) is 29.8 Å². The zero-order valence-electron chi connectivity index (χ0n) is 11.5. The van der Waals surface area contributed by atoms with Crippen LogP contribution in [0.25, 0.3) is 0 Å². The number of carbonyl (C=O) groups excluding carboxylic acids is 1. The molecule has 104 valence electrons. The maximum Gasteiger partial charge on any atom is 0.338 e. The molecule has 2 rings (SSSR count). The first-order chi connectivity index (χ1) is 9.16. The highest BCUT2D eigenvalue weighted by atomic mass is 16.5. The van der Waals surface area contributed by atoms with Crippen LogP contribution in [0.15, 0.2) is 24.3 Å². The molecule has 4 nitrogen and oxygen atoms in total. The Kier molecular flexibility index (Phi) is 4.80. The summed E-state index contributed by atoms with van der Waals surface area (Å²) in [4.78, 5) is 14.2. The van der Waals surface area contributed by atoms with Crippen molar-refractivity contribution in [3.8, 4) is 0 Å². The number of carbonyl (C=O) groups is 1. The van der Waals surface area contributed by atoms with Crippen LogP contribution in [-0.2, 0) is 4.74 Å². The fourth-order valence-electron chi connectivity index (χ4n) is 2.50. The summed E-state index contributed by atoms with van der Waals surface area (Å²) >= 11 is 0. The summed E-state index contributed by atoms with van der Waals surface area (Å²) in [5.41, 5.74) is 6.80. The third-order valence-electron chi connectivity index (χ3n) is 3.75. The third-order valence-corrected chi connectivity index (χ3v) is 3.75. The number of hydrogen-bond donors (Lipinski definition) is 1. The fraction of sp³-hybridized carbons (Fsp3) is 0.533. The highest BCUT2D eigenvalue weighted by Gasteiger charge is 2.19. The van der Waals surface area contributed by atoms with E-state index in [1.807, 2.05) is 0 Å². The van der Waals surface area contributed by atoms with Crippen molar-refractivity contribution in [3.63, 3.8) is 0 Å². The normalized spacial score (nSPS) is 20.2. The van der Waals surface area contributed by atoms with Crippen LogP contribution in [0.1, 0.15) is 36.0 Å². The first-order valence-corrected chi connectivity index (χ1v) is 6.90. The van der Waals surface area contributed by atoms with Crippen molar-refractivity contribution in [2.45, 2.75) is 31.7 Å². The van der Waals surface area contributed by atoms with Gasteiger partial charge < -0.3 is 15.4 Å². The molecule has 0 aromatic heterocycles. The molecule has 0 saturated carbocycles. The molecule has 1 aromatic carbocycles. The van der Waals surface area contributed by atoms with Gasteiger partial charge in [0.15, 0.2) is 0 Å². The minimum Gasteiger partial charge on any atom is -0.462 e. The second kappa shape index (κ2) is 6.57. The number of nitrogens with two attached hydrogens (primary N) is 1. The first-order valence-electron chi connectivity index (χ1n) is 6.90. The van der Waals surface area contributed by atoms with E-state index in [4.69, 9.17) is 10.5 Å². The maximum atomic E-state index is 11.8. The molecule has 1 saturated heterocycles. The highest BCUT2D eigenvalue weighted by Crippen LogP contribution is 2.17. The fourth-order valence-corrected chi connectivity index (χ4v) is 2.50. The standard InChI is InChI=1S/C15H22N2O2/c1-17-10-3-2-4-14(17)9-11-19-15(18)12-5-7-13(16)8-6-12/h5-8,14H,2-4,9-11,16H2,1H3. The number of hydrogen-bond acceptors (Lipinski definition) is 4. The van der Waals surface area contributed by atoms with Gasteiger partial charge in [0, 0.05) is 11.7 Å². The Morgan fingerprint density at radius 1 is 1.37 bits per heavy atom. The number of rotatable bonds is 4. The zero-order chi connectivity index (χ0) is 13.7. The lowest BCUT2D eigenvalue weighted by atomic mass is 10.0. The Morgan fingerprint density at radius 2 is 2.11 bits per heavy atom. The van der Waals surface area contributed by atoms with E-state index in [1.54, 1.807) is 24.3 Å². The van der Waals surface area contributed by atoms with Gasteiger partial charge in [-0.2, -0.15) is 0 Å². The van der Waals surface area contributed by atoms with Crippen molar-refractivity contribution in [1.29, 1.82) is 0 Å². The van der Waals surface area contributed by atoms with E-state index >= 15 is 0 Å². The van der Waals surface area contributed by atoms with Crippen molar-refractivity contribution in [2.75, 3.05) is 25.9 Å². The Morgan fingerprint density at radius 3 is 2.79 bits per heavy atom. The number of piperidine rings is 1. The van der Waals surface area contributed by atoms with Crippen LogP contribution in [0, 0.1) is 0 Å². The molecule has 2 N–H and O–H groups in total. The van der Waals surface area contributed by atoms with E-state index in [1.165, 1.54) is 19.3 Å². The lowest BCUT2D eigenvalue weighted by Gasteiger charge is -2.32. The van der Waals surface area contributed by atoms with E-state index in [0.717, 1.165) is 13.0 Å². The van der Waals surface area contributed by atoms with Crippen LogP contribution in [0.4, 0.5) is 5.69 Å². The Labute approximate surface area is 114 Å². The molecule has 0 amide bonds. The average Bonchev–Trinajstić information content (AvgIpc) is 2.41. The number of anilines is 1. The second-order valence-electron chi connectivity index (χ2n) is 5.18. The van der Waals surface area contributed by atoms with Crippen molar-refractivity contribution < 1.29 is 9.53 Å².